The summed E-state index contributed by atoms with van der Waals surface area (Å²) in [5.74, 6) is 1.33. The van der Waals surface area contributed by atoms with E-state index in [4.69, 9.17) is 16.3 Å². The molecular formula is C14H12ClN3O. The van der Waals surface area contributed by atoms with Gasteiger partial charge in [-0.25, -0.2) is 4.98 Å². The minimum Gasteiger partial charge on any atom is -0.477 e. The van der Waals surface area contributed by atoms with Crippen LogP contribution in [-0.4, -0.2) is 21.4 Å². The topological polar surface area (TPSA) is 39.9 Å². The lowest BCUT2D eigenvalue weighted by molar-refractivity contribution is 0.319. The molecule has 5 heteroatoms. The smallest absolute Gasteiger partial charge is 0.226 e. The summed E-state index contributed by atoms with van der Waals surface area (Å²) in [5, 5.41) is 5.91. The molecule has 4 nitrogen and oxygen atoms in total. The van der Waals surface area contributed by atoms with Crippen molar-refractivity contribution in [1.29, 1.82) is 0 Å². The maximum absolute atomic E-state index is 5.93. The number of aromatic nitrogens is 3. The van der Waals surface area contributed by atoms with Crippen molar-refractivity contribution in [2.45, 2.75) is 6.92 Å². The Morgan fingerprint density at radius 3 is 2.79 bits per heavy atom. The van der Waals surface area contributed by atoms with E-state index in [1.165, 1.54) is 0 Å². The Morgan fingerprint density at radius 1 is 1.16 bits per heavy atom. The molecule has 0 radical (unpaired) electrons. The highest BCUT2D eigenvalue weighted by Crippen LogP contribution is 2.28. The average molecular weight is 274 g/mol. The third kappa shape index (κ3) is 2.15. The molecule has 0 fully saturated rings. The highest BCUT2D eigenvalue weighted by atomic mass is 35.5. The molecule has 3 aromatic rings. The van der Waals surface area contributed by atoms with E-state index >= 15 is 0 Å². The molecule has 0 aliphatic heterocycles. The van der Waals surface area contributed by atoms with Crippen molar-refractivity contribution in [3.05, 3.63) is 47.6 Å². The van der Waals surface area contributed by atoms with Crippen LogP contribution in [0.3, 0.4) is 0 Å². The lowest BCUT2D eigenvalue weighted by atomic mass is 10.2. The second kappa shape index (κ2) is 4.90. The first-order valence-corrected chi connectivity index (χ1v) is 6.41. The highest BCUT2D eigenvalue weighted by Gasteiger charge is 2.14. The zero-order valence-electron chi connectivity index (χ0n) is 10.4. The van der Waals surface area contributed by atoms with E-state index in [1.807, 2.05) is 43.3 Å². The zero-order valence-corrected chi connectivity index (χ0v) is 11.1. The fourth-order valence-electron chi connectivity index (χ4n) is 1.96. The van der Waals surface area contributed by atoms with Crippen molar-refractivity contribution < 1.29 is 4.74 Å². The van der Waals surface area contributed by atoms with Gasteiger partial charge in [0, 0.05) is 0 Å². The Hall–Kier alpha value is -2.07. The van der Waals surface area contributed by atoms with Crippen LogP contribution in [0.25, 0.3) is 16.7 Å². The Labute approximate surface area is 115 Å². The molecule has 0 atom stereocenters. The summed E-state index contributed by atoms with van der Waals surface area (Å²) in [6.07, 6.45) is 0. The molecule has 0 aliphatic carbocycles. The van der Waals surface area contributed by atoms with Crippen LogP contribution in [0.4, 0.5) is 0 Å². The van der Waals surface area contributed by atoms with Crippen LogP contribution in [-0.2, 0) is 0 Å². The van der Waals surface area contributed by atoms with Gasteiger partial charge in [0.15, 0.2) is 5.82 Å². The van der Waals surface area contributed by atoms with E-state index in [0.29, 0.717) is 23.5 Å². The van der Waals surface area contributed by atoms with Crippen molar-refractivity contribution >= 4 is 22.5 Å². The van der Waals surface area contributed by atoms with Gasteiger partial charge in [-0.15, -0.1) is 0 Å². The maximum Gasteiger partial charge on any atom is 0.226 e. The van der Waals surface area contributed by atoms with Crippen molar-refractivity contribution in [2.24, 2.45) is 0 Å². The van der Waals surface area contributed by atoms with Crippen LogP contribution in [0.1, 0.15) is 6.92 Å². The summed E-state index contributed by atoms with van der Waals surface area (Å²) in [7, 11) is 0. The van der Waals surface area contributed by atoms with Crippen molar-refractivity contribution in [2.75, 3.05) is 6.61 Å². The van der Waals surface area contributed by atoms with Crippen molar-refractivity contribution in [3.8, 4) is 11.7 Å². The molecule has 3 rings (SSSR count). The van der Waals surface area contributed by atoms with Gasteiger partial charge < -0.3 is 4.74 Å². The molecule has 96 valence electrons. The van der Waals surface area contributed by atoms with Gasteiger partial charge >= 0.3 is 0 Å². The molecule has 0 unspecified atom stereocenters. The quantitative estimate of drug-likeness (QED) is 0.686. The Kier molecular flexibility index (Phi) is 3.09. The number of pyridine rings is 1. The first-order valence-electron chi connectivity index (χ1n) is 6.03. The first kappa shape index (κ1) is 12.0. The molecule has 19 heavy (non-hydrogen) atoms. The van der Waals surface area contributed by atoms with E-state index in [1.54, 1.807) is 10.7 Å². The molecule has 0 aliphatic rings. The molecule has 1 aromatic carbocycles. The van der Waals surface area contributed by atoms with Crippen LogP contribution in [0, 0.1) is 0 Å². The number of hydrogen-bond acceptors (Lipinski definition) is 3. The standard InChI is InChI=1S/C14H12ClN3O/c1-2-19-14-10-6-3-4-7-11(10)17-18(14)13-9-5-8-12(15)16-13/h3-9H,2H2,1H3. The number of rotatable bonds is 3. The predicted octanol–water partition coefficient (Wildman–Crippen LogP) is 3.47. The average Bonchev–Trinajstić information content (AvgIpc) is 2.79. The maximum atomic E-state index is 5.93. The van der Waals surface area contributed by atoms with Gasteiger partial charge in [-0.2, -0.15) is 9.78 Å². The summed E-state index contributed by atoms with van der Waals surface area (Å²) >= 11 is 5.93. The Morgan fingerprint density at radius 2 is 2.00 bits per heavy atom. The van der Waals surface area contributed by atoms with E-state index < -0.39 is 0 Å². The van der Waals surface area contributed by atoms with E-state index in [-0.39, 0.29) is 0 Å². The normalized spacial score (nSPS) is 10.8. The largest absolute Gasteiger partial charge is 0.477 e. The molecule has 0 saturated heterocycles. The molecule has 0 N–H and O–H groups in total. The summed E-state index contributed by atoms with van der Waals surface area (Å²) in [5.41, 5.74) is 0.868. The second-order valence-electron chi connectivity index (χ2n) is 3.99. The van der Waals surface area contributed by atoms with E-state index in [9.17, 15) is 0 Å². The number of benzene rings is 1. The SMILES string of the molecule is CCOc1c2ccccc2nn1-c1cccc(Cl)n1. The van der Waals surface area contributed by atoms with Gasteiger partial charge in [0.2, 0.25) is 5.88 Å². The van der Waals surface area contributed by atoms with Crippen LogP contribution in [0.15, 0.2) is 42.5 Å². The molecule has 0 bridgehead atoms. The molecular weight excluding hydrogens is 262 g/mol. The lowest BCUT2D eigenvalue weighted by Crippen LogP contribution is -2.04. The van der Waals surface area contributed by atoms with Gasteiger partial charge in [-0.1, -0.05) is 29.8 Å². The molecule has 0 amide bonds. The number of hydrogen-bond donors (Lipinski definition) is 0. The molecule has 2 aromatic heterocycles. The van der Waals surface area contributed by atoms with E-state index in [2.05, 4.69) is 10.1 Å². The van der Waals surface area contributed by atoms with Gasteiger partial charge in [0.1, 0.15) is 5.15 Å². The van der Waals surface area contributed by atoms with Crippen molar-refractivity contribution in [3.63, 3.8) is 0 Å². The zero-order chi connectivity index (χ0) is 13.2. The number of halogens is 1. The second-order valence-corrected chi connectivity index (χ2v) is 4.37. The minimum absolute atomic E-state index is 0.430. The molecule has 0 spiro atoms. The fraction of sp³-hybridized carbons (Fsp3) is 0.143. The Bertz CT molecular complexity index is 724. The monoisotopic (exact) mass is 273 g/mol. The van der Waals surface area contributed by atoms with Crippen LogP contribution in [0.2, 0.25) is 5.15 Å². The third-order valence-corrected chi connectivity index (χ3v) is 2.94. The van der Waals surface area contributed by atoms with E-state index in [0.717, 1.165) is 10.9 Å². The van der Waals surface area contributed by atoms with Gasteiger partial charge in [0.05, 0.1) is 17.5 Å². The van der Waals surface area contributed by atoms with Gasteiger partial charge in [-0.05, 0) is 31.2 Å². The highest BCUT2D eigenvalue weighted by molar-refractivity contribution is 6.29. The first-order chi connectivity index (χ1) is 9.29. The number of fused-ring (bicyclic) bond motifs is 1. The van der Waals surface area contributed by atoms with Crippen LogP contribution >= 0.6 is 11.6 Å². The predicted molar refractivity (Wildman–Crippen MR) is 75.0 cm³/mol. The van der Waals surface area contributed by atoms with Crippen LogP contribution in [0.5, 0.6) is 5.88 Å². The fourth-order valence-corrected chi connectivity index (χ4v) is 2.11. The summed E-state index contributed by atoms with van der Waals surface area (Å²) < 4.78 is 7.38. The van der Waals surface area contributed by atoms with Crippen LogP contribution < -0.4 is 4.74 Å². The lowest BCUT2D eigenvalue weighted by Gasteiger charge is -2.07. The van der Waals surface area contributed by atoms with Gasteiger partial charge in [-0.3, -0.25) is 0 Å². The summed E-state index contributed by atoms with van der Waals surface area (Å²) in [6, 6.07) is 13.2. The number of ether oxygens (including phenoxy) is 1. The third-order valence-electron chi connectivity index (χ3n) is 2.73. The molecule has 2 heterocycles. The van der Waals surface area contributed by atoms with Crippen molar-refractivity contribution in [1.82, 2.24) is 14.8 Å². The molecule has 0 saturated carbocycles. The summed E-state index contributed by atoms with van der Waals surface area (Å²) in [4.78, 5) is 4.27. The Balaban J connectivity index is 2.25. The summed E-state index contributed by atoms with van der Waals surface area (Å²) in [6.45, 7) is 2.51. The minimum atomic E-state index is 0.430. The van der Waals surface area contributed by atoms with Gasteiger partial charge in [0.25, 0.3) is 0 Å². The number of nitrogens with zero attached hydrogens (tertiary/aromatic N) is 3.